The van der Waals surface area contributed by atoms with Crippen LogP contribution in [0.1, 0.15) is 30.0 Å². The monoisotopic (exact) mass is 520 g/mol. The Morgan fingerprint density at radius 3 is 2.12 bits per heavy atom. The predicted octanol–water partition coefficient (Wildman–Crippen LogP) is 3.22. The van der Waals surface area contributed by atoms with Gasteiger partial charge in [-0.15, -0.1) is 0 Å². The smallest absolute Gasteiger partial charge is 0.376 e. The Labute approximate surface area is 196 Å². The molecule has 1 aliphatic rings. The molecule has 2 aromatic carbocycles. The number of hydrogen-bond donors (Lipinski definition) is 0. The van der Waals surface area contributed by atoms with E-state index in [4.69, 9.17) is 0 Å². The first-order valence-electron chi connectivity index (χ1n) is 10.1. The third-order valence-electron chi connectivity index (χ3n) is 5.42. The number of nitrogens with zero attached hydrogens (tertiary/aromatic N) is 2. The first-order valence-corrected chi connectivity index (χ1v) is 13.4. The van der Waals surface area contributed by atoms with E-state index in [1.165, 1.54) is 23.5 Å². The van der Waals surface area contributed by atoms with Crippen molar-refractivity contribution in [2.24, 2.45) is 0 Å². The van der Waals surface area contributed by atoms with Gasteiger partial charge in [0.2, 0.25) is 15.9 Å². The van der Waals surface area contributed by atoms with Gasteiger partial charge in [-0.25, -0.2) is 12.7 Å². The van der Waals surface area contributed by atoms with E-state index in [0.29, 0.717) is 30.6 Å². The normalized spacial score (nSPS) is 17.1. The Morgan fingerprint density at radius 1 is 1.03 bits per heavy atom. The lowest BCUT2D eigenvalue weighted by Gasteiger charge is -2.41. The fraction of sp³-hybridized carbons (Fsp3) is 0.381. The molecule has 3 rings (SSSR count). The molecule has 1 heterocycles. The van der Waals surface area contributed by atoms with Crippen molar-refractivity contribution in [3.8, 4) is 5.75 Å². The minimum absolute atomic E-state index is 0.132. The Bertz CT molecular complexity index is 1240. The lowest BCUT2D eigenvalue weighted by Crippen LogP contribution is -2.46. The molecule has 0 N–H and O–H groups in total. The molecule has 0 bridgehead atoms. The van der Waals surface area contributed by atoms with E-state index in [0.717, 1.165) is 24.0 Å². The van der Waals surface area contributed by atoms with Crippen LogP contribution in [0.3, 0.4) is 0 Å². The number of carbonyl (C=O) groups excluding carboxylic acids is 1. The Hall–Kier alpha value is -2.64. The zero-order valence-corrected chi connectivity index (χ0v) is 20.0. The molecule has 1 atom stereocenters. The lowest BCUT2D eigenvalue weighted by molar-refractivity contribution is -0.124. The molecular weight excluding hydrogens is 497 g/mol. The van der Waals surface area contributed by atoms with Gasteiger partial charge >= 0.3 is 15.6 Å². The van der Waals surface area contributed by atoms with Gasteiger partial charge in [0.05, 0.1) is 18.7 Å². The van der Waals surface area contributed by atoms with Gasteiger partial charge in [0.25, 0.3) is 0 Å². The highest BCUT2D eigenvalue weighted by molar-refractivity contribution is 7.88. The van der Waals surface area contributed by atoms with Crippen LogP contribution in [0.4, 0.5) is 18.9 Å². The molecule has 0 unspecified atom stereocenters. The third-order valence-corrected chi connectivity index (χ3v) is 7.72. The second kappa shape index (κ2) is 9.55. The van der Waals surface area contributed by atoms with Crippen molar-refractivity contribution in [1.82, 2.24) is 4.31 Å². The van der Waals surface area contributed by atoms with Crippen LogP contribution in [0.25, 0.3) is 0 Å². The van der Waals surface area contributed by atoms with Gasteiger partial charge in [0, 0.05) is 19.3 Å². The van der Waals surface area contributed by atoms with Gasteiger partial charge < -0.3 is 9.08 Å². The highest BCUT2D eigenvalue weighted by Gasteiger charge is 2.48. The first kappa shape index (κ1) is 26.0. The number of halogens is 3. The molecule has 2 aromatic rings. The van der Waals surface area contributed by atoms with Crippen LogP contribution in [-0.4, -0.2) is 52.4 Å². The number of rotatable bonds is 9. The van der Waals surface area contributed by atoms with Crippen LogP contribution in [0.2, 0.25) is 0 Å². The number of β-lactam (4-membered cyclic amide) rings is 1. The minimum atomic E-state index is -5.76. The number of benzene rings is 2. The van der Waals surface area contributed by atoms with Crippen LogP contribution in [0.15, 0.2) is 48.5 Å². The SMILES string of the molecule is CN(CCCc1ccc(N2C(=O)C[C@H]2c2ccc(OS(=O)(=O)C(F)(F)F)cc2)cc1)S(C)(=O)=O. The summed E-state index contributed by atoms with van der Waals surface area (Å²) in [6, 6.07) is 11.9. The zero-order valence-electron chi connectivity index (χ0n) is 18.3. The molecule has 8 nitrogen and oxygen atoms in total. The molecule has 1 fully saturated rings. The van der Waals surface area contributed by atoms with Crippen molar-refractivity contribution in [2.75, 3.05) is 24.7 Å². The van der Waals surface area contributed by atoms with E-state index in [1.807, 2.05) is 12.1 Å². The number of alkyl halides is 3. The molecule has 186 valence electrons. The quantitative estimate of drug-likeness (QED) is 0.286. The summed E-state index contributed by atoms with van der Waals surface area (Å²) in [5.41, 5.74) is -3.30. The maximum Gasteiger partial charge on any atom is 0.534 e. The van der Waals surface area contributed by atoms with E-state index in [9.17, 15) is 34.8 Å². The van der Waals surface area contributed by atoms with Crippen LogP contribution in [0, 0.1) is 0 Å². The molecule has 1 aliphatic heterocycles. The highest BCUT2D eigenvalue weighted by Crippen LogP contribution is 2.39. The van der Waals surface area contributed by atoms with Crippen molar-refractivity contribution in [3.05, 3.63) is 59.7 Å². The van der Waals surface area contributed by atoms with Crippen molar-refractivity contribution >= 4 is 31.7 Å². The van der Waals surface area contributed by atoms with Crippen LogP contribution < -0.4 is 9.08 Å². The maximum atomic E-state index is 12.5. The summed E-state index contributed by atoms with van der Waals surface area (Å²) >= 11 is 0. The van der Waals surface area contributed by atoms with E-state index in [2.05, 4.69) is 4.18 Å². The zero-order chi connectivity index (χ0) is 25.3. The largest absolute Gasteiger partial charge is 0.534 e. The van der Waals surface area contributed by atoms with E-state index >= 15 is 0 Å². The van der Waals surface area contributed by atoms with Crippen LogP contribution in [0.5, 0.6) is 5.75 Å². The topological polar surface area (TPSA) is 101 Å². The average Bonchev–Trinajstić information content (AvgIpc) is 2.72. The maximum absolute atomic E-state index is 12.5. The van der Waals surface area contributed by atoms with Crippen LogP contribution >= 0.6 is 0 Å². The number of hydrogen-bond acceptors (Lipinski definition) is 6. The molecule has 1 amide bonds. The Balaban J connectivity index is 1.64. The third kappa shape index (κ3) is 5.88. The molecule has 0 aromatic heterocycles. The summed E-state index contributed by atoms with van der Waals surface area (Å²) in [7, 11) is -7.47. The number of amides is 1. The van der Waals surface area contributed by atoms with Gasteiger partial charge in [0.15, 0.2) is 0 Å². The first-order chi connectivity index (χ1) is 15.7. The molecule has 1 saturated heterocycles. The summed E-state index contributed by atoms with van der Waals surface area (Å²) in [6.07, 6.45) is 2.63. The highest BCUT2D eigenvalue weighted by atomic mass is 32.2. The van der Waals surface area contributed by atoms with Crippen LogP contribution in [-0.2, 0) is 31.4 Å². The van der Waals surface area contributed by atoms with E-state index in [-0.39, 0.29) is 18.4 Å². The molecule has 0 aliphatic carbocycles. The van der Waals surface area contributed by atoms with Gasteiger partial charge in [-0.1, -0.05) is 24.3 Å². The Morgan fingerprint density at radius 2 is 1.62 bits per heavy atom. The molecule has 0 saturated carbocycles. The number of aryl methyl sites for hydroxylation is 1. The molecular formula is C21H23F3N2O6S2. The second-order valence-electron chi connectivity index (χ2n) is 7.89. The van der Waals surface area contributed by atoms with Crippen molar-refractivity contribution in [3.63, 3.8) is 0 Å². The van der Waals surface area contributed by atoms with Crippen molar-refractivity contribution in [1.29, 1.82) is 0 Å². The summed E-state index contributed by atoms with van der Waals surface area (Å²) in [5.74, 6) is -0.614. The minimum Gasteiger partial charge on any atom is -0.376 e. The summed E-state index contributed by atoms with van der Waals surface area (Å²) in [6.45, 7) is 0.386. The van der Waals surface area contributed by atoms with Gasteiger partial charge in [-0.05, 0) is 48.2 Å². The van der Waals surface area contributed by atoms with Crippen molar-refractivity contribution < 1.29 is 39.0 Å². The fourth-order valence-corrected chi connectivity index (χ4v) is 4.34. The molecule has 0 spiro atoms. The van der Waals surface area contributed by atoms with E-state index < -0.39 is 31.4 Å². The number of anilines is 1. The standard InChI is InChI=1S/C21H23F3N2O6S2/c1-25(33(2,28)29)13-3-4-15-5-9-17(10-6-15)26-19(14-20(26)27)16-7-11-18(12-8-16)32-34(30,31)21(22,23)24/h5-12,19H,3-4,13-14H2,1-2H3/t19-/m0/s1. The Kier molecular flexibility index (Phi) is 7.29. The fourth-order valence-electron chi connectivity index (χ4n) is 3.42. The average molecular weight is 521 g/mol. The second-order valence-corrected chi connectivity index (χ2v) is 11.5. The van der Waals surface area contributed by atoms with Gasteiger partial charge in [-0.3, -0.25) is 4.79 Å². The summed E-state index contributed by atoms with van der Waals surface area (Å²) in [4.78, 5) is 13.8. The molecule has 13 heteroatoms. The van der Waals surface area contributed by atoms with E-state index in [1.54, 1.807) is 17.0 Å². The molecule has 0 radical (unpaired) electrons. The van der Waals surface area contributed by atoms with Gasteiger partial charge in [-0.2, -0.15) is 21.6 Å². The molecule has 34 heavy (non-hydrogen) atoms. The number of sulfonamides is 1. The summed E-state index contributed by atoms with van der Waals surface area (Å²) < 4.78 is 87.9. The summed E-state index contributed by atoms with van der Waals surface area (Å²) in [5, 5.41) is 0. The lowest BCUT2D eigenvalue weighted by atomic mass is 9.92. The number of carbonyl (C=O) groups is 1. The predicted molar refractivity (Wildman–Crippen MR) is 119 cm³/mol. The van der Waals surface area contributed by atoms with Gasteiger partial charge in [0.1, 0.15) is 5.75 Å². The van der Waals surface area contributed by atoms with Crippen molar-refractivity contribution in [2.45, 2.75) is 30.8 Å².